The SMILES string of the molecule is Cc1ccc(CNC2=NCCNC23CCN(S(=O)(=O)c2ccccc2)CC3)cc1. The van der Waals surface area contributed by atoms with Crippen molar-refractivity contribution >= 4 is 15.9 Å². The maximum absolute atomic E-state index is 12.9. The number of benzene rings is 2. The molecule has 0 bridgehead atoms. The van der Waals surface area contributed by atoms with Crippen molar-refractivity contribution in [2.75, 3.05) is 26.2 Å². The first kappa shape index (κ1) is 20.1. The number of aliphatic imine (C=N–C) groups is 1. The van der Waals surface area contributed by atoms with E-state index in [0.29, 0.717) is 37.4 Å². The Labute approximate surface area is 173 Å². The number of nitrogens with zero attached hydrogens (tertiary/aromatic N) is 2. The van der Waals surface area contributed by atoms with E-state index in [-0.39, 0.29) is 5.54 Å². The number of hydrogen-bond donors (Lipinski definition) is 2. The molecule has 2 aromatic carbocycles. The fraction of sp³-hybridized carbons (Fsp3) is 0.409. The molecule has 0 amide bonds. The largest absolute Gasteiger partial charge is 0.368 e. The molecule has 0 radical (unpaired) electrons. The van der Waals surface area contributed by atoms with Gasteiger partial charge in [-0.15, -0.1) is 0 Å². The smallest absolute Gasteiger partial charge is 0.243 e. The van der Waals surface area contributed by atoms with Crippen LogP contribution in [-0.4, -0.2) is 50.3 Å². The molecule has 2 aromatic rings. The lowest BCUT2D eigenvalue weighted by atomic mass is 9.85. The lowest BCUT2D eigenvalue weighted by Crippen LogP contribution is -2.64. The maximum Gasteiger partial charge on any atom is 0.243 e. The second-order valence-corrected chi connectivity index (χ2v) is 9.73. The van der Waals surface area contributed by atoms with E-state index in [9.17, 15) is 8.42 Å². The third kappa shape index (κ3) is 4.22. The Morgan fingerprint density at radius 3 is 2.45 bits per heavy atom. The molecule has 0 saturated carbocycles. The van der Waals surface area contributed by atoms with Gasteiger partial charge in [0.15, 0.2) is 0 Å². The lowest BCUT2D eigenvalue weighted by Gasteiger charge is -2.44. The molecular weight excluding hydrogens is 384 g/mol. The van der Waals surface area contributed by atoms with E-state index in [1.54, 1.807) is 28.6 Å². The molecule has 2 heterocycles. The second kappa shape index (κ2) is 8.26. The van der Waals surface area contributed by atoms with Crippen molar-refractivity contribution in [1.82, 2.24) is 14.9 Å². The quantitative estimate of drug-likeness (QED) is 0.808. The molecule has 4 rings (SSSR count). The van der Waals surface area contributed by atoms with Gasteiger partial charge in [-0.3, -0.25) is 4.99 Å². The van der Waals surface area contributed by atoms with Gasteiger partial charge < -0.3 is 10.6 Å². The minimum absolute atomic E-state index is 0.272. The monoisotopic (exact) mass is 412 g/mol. The molecule has 6 nitrogen and oxygen atoms in total. The minimum Gasteiger partial charge on any atom is -0.368 e. The first-order valence-electron chi connectivity index (χ1n) is 10.1. The fourth-order valence-corrected chi connectivity index (χ4v) is 5.54. The average molecular weight is 413 g/mol. The third-order valence-electron chi connectivity index (χ3n) is 5.84. The van der Waals surface area contributed by atoms with Gasteiger partial charge in [0.25, 0.3) is 0 Å². The van der Waals surface area contributed by atoms with Gasteiger partial charge in [0.05, 0.1) is 17.0 Å². The van der Waals surface area contributed by atoms with Crippen LogP contribution in [0.15, 0.2) is 64.5 Å². The van der Waals surface area contributed by atoms with Gasteiger partial charge in [0.1, 0.15) is 5.84 Å². The normalized spacial score (nSPS) is 19.7. The maximum atomic E-state index is 12.9. The third-order valence-corrected chi connectivity index (χ3v) is 7.75. The van der Waals surface area contributed by atoms with Crippen LogP contribution >= 0.6 is 0 Å². The van der Waals surface area contributed by atoms with Crippen LogP contribution in [0.25, 0.3) is 0 Å². The van der Waals surface area contributed by atoms with E-state index in [1.807, 2.05) is 6.07 Å². The highest BCUT2D eigenvalue weighted by atomic mass is 32.2. The van der Waals surface area contributed by atoms with Crippen molar-refractivity contribution in [2.24, 2.45) is 4.99 Å². The molecule has 0 unspecified atom stereocenters. The summed E-state index contributed by atoms with van der Waals surface area (Å²) in [5.41, 5.74) is 2.18. The second-order valence-electron chi connectivity index (χ2n) is 7.80. The van der Waals surface area contributed by atoms with E-state index in [2.05, 4.69) is 41.8 Å². The molecular formula is C22H28N4O2S. The average Bonchev–Trinajstić information content (AvgIpc) is 2.75. The number of rotatable bonds is 4. The number of amidine groups is 1. The zero-order chi connectivity index (χ0) is 20.3. The zero-order valence-electron chi connectivity index (χ0n) is 16.8. The summed E-state index contributed by atoms with van der Waals surface area (Å²) >= 11 is 0. The highest BCUT2D eigenvalue weighted by Gasteiger charge is 2.43. The molecule has 1 spiro atoms. The van der Waals surface area contributed by atoms with E-state index < -0.39 is 10.0 Å². The van der Waals surface area contributed by atoms with Crippen molar-refractivity contribution in [1.29, 1.82) is 0 Å². The number of nitrogens with one attached hydrogen (secondary N) is 2. The molecule has 0 aliphatic carbocycles. The summed E-state index contributed by atoms with van der Waals surface area (Å²) < 4.78 is 27.5. The van der Waals surface area contributed by atoms with Crippen molar-refractivity contribution in [3.63, 3.8) is 0 Å². The first-order valence-corrected chi connectivity index (χ1v) is 11.6. The van der Waals surface area contributed by atoms with Gasteiger partial charge >= 0.3 is 0 Å². The molecule has 1 saturated heterocycles. The van der Waals surface area contributed by atoms with Crippen molar-refractivity contribution in [3.05, 3.63) is 65.7 Å². The van der Waals surface area contributed by atoms with Crippen molar-refractivity contribution < 1.29 is 8.42 Å². The van der Waals surface area contributed by atoms with Gasteiger partial charge in [0.2, 0.25) is 10.0 Å². The summed E-state index contributed by atoms with van der Waals surface area (Å²) in [6.07, 6.45) is 1.41. The van der Waals surface area contributed by atoms with Crippen LogP contribution in [0.3, 0.4) is 0 Å². The van der Waals surface area contributed by atoms with Crippen LogP contribution in [0.2, 0.25) is 0 Å². The molecule has 29 heavy (non-hydrogen) atoms. The Bertz CT molecular complexity index is 964. The summed E-state index contributed by atoms with van der Waals surface area (Å²) in [7, 11) is -3.45. The van der Waals surface area contributed by atoms with E-state index in [0.717, 1.165) is 18.9 Å². The topological polar surface area (TPSA) is 73.8 Å². The molecule has 2 N–H and O–H groups in total. The standard InChI is InChI=1S/C22H28N4O2S/c1-18-7-9-19(10-8-18)17-24-21-22(25-14-13-23-21)11-15-26(16-12-22)29(27,28)20-5-3-2-4-6-20/h2-10,25H,11-17H2,1H3,(H,23,24). The number of sulfonamides is 1. The van der Waals surface area contributed by atoms with Crippen LogP contribution in [0.4, 0.5) is 0 Å². The Kier molecular flexibility index (Phi) is 5.72. The van der Waals surface area contributed by atoms with Gasteiger partial charge in [0, 0.05) is 26.2 Å². The van der Waals surface area contributed by atoms with E-state index in [1.165, 1.54) is 11.1 Å². The Morgan fingerprint density at radius 2 is 1.76 bits per heavy atom. The number of aryl methyl sites for hydroxylation is 1. The summed E-state index contributed by atoms with van der Waals surface area (Å²) in [5, 5.41) is 7.15. The predicted octanol–water partition coefficient (Wildman–Crippen LogP) is 2.31. The van der Waals surface area contributed by atoms with Crippen LogP contribution in [0.1, 0.15) is 24.0 Å². The summed E-state index contributed by atoms with van der Waals surface area (Å²) in [4.78, 5) is 5.12. The molecule has 1 fully saturated rings. The highest BCUT2D eigenvalue weighted by molar-refractivity contribution is 7.89. The highest BCUT2D eigenvalue weighted by Crippen LogP contribution is 2.29. The van der Waals surface area contributed by atoms with E-state index in [4.69, 9.17) is 4.99 Å². The van der Waals surface area contributed by atoms with Crippen molar-refractivity contribution in [2.45, 2.75) is 36.7 Å². The van der Waals surface area contributed by atoms with Crippen molar-refractivity contribution in [3.8, 4) is 0 Å². The van der Waals surface area contributed by atoms with Crippen LogP contribution in [0, 0.1) is 6.92 Å². The summed E-state index contributed by atoms with van der Waals surface area (Å²) in [6.45, 7) is 5.32. The molecule has 154 valence electrons. The Balaban J connectivity index is 1.45. The van der Waals surface area contributed by atoms with E-state index >= 15 is 0 Å². The molecule has 2 aliphatic rings. The summed E-state index contributed by atoms with van der Waals surface area (Å²) in [5.74, 6) is 0.959. The molecule has 2 aliphatic heterocycles. The Morgan fingerprint density at radius 1 is 1.07 bits per heavy atom. The molecule has 0 aromatic heterocycles. The van der Waals surface area contributed by atoms with Gasteiger partial charge in [-0.25, -0.2) is 8.42 Å². The number of hydrogen-bond acceptors (Lipinski definition) is 5. The summed E-state index contributed by atoms with van der Waals surface area (Å²) in [6, 6.07) is 17.2. The predicted molar refractivity (Wildman–Crippen MR) is 115 cm³/mol. The molecule has 0 atom stereocenters. The van der Waals surface area contributed by atoms with Gasteiger partial charge in [-0.1, -0.05) is 48.0 Å². The van der Waals surface area contributed by atoms with Gasteiger partial charge in [-0.05, 0) is 37.5 Å². The molecule has 7 heteroatoms. The minimum atomic E-state index is -3.45. The van der Waals surface area contributed by atoms with Crippen LogP contribution < -0.4 is 10.6 Å². The van der Waals surface area contributed by atoms with Gasteiger partial charge in [-0.2, -0.15) is 4.31 Å². The first-order chi connectivity index (χ1) is 14.0. The lowest BCUT2D eigenvalue weighted by molar-refractivity contribution is 0.241. The number of piperidine rings is 1. The van der Waals surface area contributed by atoms with Crippen LogP contribution in [-0.2, 0) is 16.6 Å². The zero-order valence-corrected chi connectivity index (χ0v) is 17.6. The fourth-order valence-electron chi connectivity index (χ4n) is 4.08. The van der Waals surface area contributed by atoms with Crippen LogP contribution in [0.5, 0.6) is 0 Å². The Hall–Kier alpha value is -2.22.